The van der Waals surface area contributed by atoms with Gasteiger partial charge in [0, 0.05) is 30.4 Å². The lowest BCUT2D eigenvalue weighted by Gasteiger charge is -2.61. The minimum Gasteiger partial charge on any atom is -0.456 e. The molecule has 2 aliphatic carbocycles. The van der Waals surface area contributed by atoms with E-state index in [1.807, 2.05) is 6.92 Å². The summed E-state index contributed by atoms with van der Waals surface area (Å²) in [6, 6.07) is 0. The number of rotatable bonds is 13. The number of aliphatic hydroxyl groups is 4. The predicted molar refractivity (Wildman–Crippen MR) is 207 cm³/mol. The molecule has 4 saturated heterocycles. The largest absolute Gasteiger partial charge is 0.456 e. The van der Waals surface area contributed by atoms with Gasteiger partial charge in [-0.05, 0) is 134 Å². The summed E-state index contributed by atoms with van der Waals surface area (Å²) in [5, 5.41) is 55.5. The molecule has 0 aromatic carbocycles. The maximum atomic E-state index is 14.1. The number of ether oxygens (including phenoxy) is 3. The number of hydrogen-bond donors (Lipinski definition) is 8. The van der Waals surface area contributed by atoms with Crippen molar-refractivity contribution in [2.75, 3.05) is 32.8 Å². The second-order valence-electron chi connectivity index (χ2n) is 18.2. The van der Waals surface area contributed by atoms with E-state index in [0.717, 1.165) is 58.0 Å². The number of fused-ring (bicyclic) bond motifs is 2. The Labute approximate surface area is 328 Å². The molecule has 6 aliphatic rings. The second kappa shape index (κ2) is 19.0. The standard InChI is InChI=1S/C42H72N4O9/c1-5-23(3)41(52)54-32-19-29-38(51)36-31(50)18-28(21-47)53-40(36)37(39(29)55-42(32,4)14-12-24-10-11-34(44-6-2)46-20-24)35(26-13-15-45-33(43)17-26)30(22-48)25-8-7-9-27(49)16-25/h5,24-30,32-40,44-49,51H,6-22,43H2,1-4H3/t24?,25?,26?,27?,28?,29?,30-,32-,33?,34?,35?,36?,37?,38?,39?,40?,42-/m1/s1. The van der Waals surface area contributed by atoms with Crippen molar-refractivity contribution in [1.29, 1.82) is 0 Å². The Morgan fingerprint density at radius 1 is 1.09 bits per heavy atom. The lowest BCUT2D eigenvalue weighted by molar-refractivity contribution is -0.296. The van der Waals surface area contributed by atoms with Gasteiger partial charge in [0.1, 0.15) is 17.5 Å². The molecule has 4 heterocycles. The molecule has 4 aliphatic heterocycles. The van der Waals surface area contributed by atoms with E-state index >= 15 is 0 Å². The van der Waals surface area contributed by atoms with Gasteiger partial charge < -0.3 is 56.3 Å². The van der Waals surface area contributed by atoms with E-state index in [4.69, 9.17) is 19.9 Å². The maximum Gasteiger partial charge on any atom is 0.333 e. The fourth-order valence-electron chi connectivity index (χ4n) is 11.7. The molecule has 0 spiro atoms. The van der Waals surface area contributed by atoms with Crippen molar-refractivity contribution in [3.05, 3.63) is 11.6 Å². The lowest BCUT2D eigenvalue weighted by Crippen LogP contribution is -2.70. The van der Waals surface area contributed by atoms with Crippen LogP contribution in [-0.2, 0) is 23.8 Å². The molecule has 14 unspecified atom stereocenters. The first-order chi connectivity index (χ1) is 26.4. The number of nitrogens with one attached hydrogen (secondary N) is 3. The third-order valence-electron chi connectivity index (χ3n) is 14.8. The van der Waals surface area contributed by atoms with Crippen LogP contribution in [0.25, 0.3) is 0 Å². The van der Waals surface area contributed by atoms with Crippen LogP contribution in [0.4, 0.5) is 0 Å². The van der Waals surface area contributed by atoms with Crippen LogP contribution in [0.2, 0.25) is 0 Å². The summed E-state index contributed by atoms with van der Waals surface area (Å²) in [6.07, 6.45) is 5.87. The third kappa shape index (κ3) is 9.53. The van der Waals surface area contributed by atoms with Gasteiger partial charge in [0.05, 0.1) is 55.4 Å². The molecule has 6 fully saturated rings. The van der Waals surface area contributed by atoms with Gasteiger partial charge in [0.25, 0.3) is 0 Å². The monoisotopic (exact) mass is 777 g/mol. The molecular weight excluding hydrogens is 704 g/mol. The summed E-state index contributed by atoms with van der Waals surface area (Å²) >= 11 is 0. The van der Waals surface area contributed by atoms with Crippen molar-refractivity contribution in [2.24, 2.45) is 53.1 Å². The van der Waals surface area contributed by atoms with Crippen molar-refractivity contribution < 1.29 is 44.2 Å². The van der Waals surface area contributed by atoms with Crippen LogP contribution >= 0.6 is 0 Å². The average molecular weight is 777 g/mol. The Hall–Kier alpha value is -1.52. The molecule has 0 amide bonds. The van der Waals surface area contributed by atoms with Gasteiger partial charge in [-0.1, -0.05) is 19.4 Å². The zero-order valence-electron chi connectivity index (χ0n) is 33.7. The van der Waals surface area contributed by atoms with Crippen LogP contribution in [-0.4, -0.2) is 120 Å². The van der Waals surface area contributed by atoms with Crippen LogP contribution in [0.1, 0.15) is 105 Å². The molecule has 13 nitrogen and oxygen atoms in total. The summed E-state index contributed by atoms with van der Waals surface area (Å²) in [7, 11) is 0. The van der Waals surface area contributed by atoms with Crippen LogP contribution in [0.3, 0.4) is 0 Å². The van der Waals surface area contributed by atoms with Gasteiger partial charge >= 0.3 is 5.97 Å². The molecule has 0 aromatic rings. The minimum atomic E-state index is -1.11. The Kier molecular flexibility index (Phi) is 14.9. The zero-order chi connectivity index (χ0) is 39.4. The topological polar surface area (TPSA) is 205 Å². The van der Waals surface area contributed by atoms with Crippen LogP contribution in [0.15, 0.2) is 11.6 Å². The van der Waals surface area contributed by atoms with Gasteiger partial charge in [0.2, 0.25) is 0 Å². The normalized spacial score (nSPS) is 43.9. The highest BCUT2D eigenvalue weighted by molar-refractivity contribution is 5.87. The first-order valence-corrected chi connectivity index (χ1v) is 21.6. The third-order valence-corrected chi connectivity index (χ3v) is 14.8. The van der Waals surface area contributed by atoms with Crippen molar-refractivity contribution >= 4 is 11.8 Å². The average Bonchev–Trinajstić information content (AvgIpc) is 3.17. The van der Waals surface area contributed by atoms with Crippen LogP contribution in [0, 0.1) is 47.3 Å². The van der Waals surface area contributed by atoms with E-state index in [-0.39, 0.29) is 55.3 Å². The molecule has 314 valence electrons. The number of Topliss-reactive ketones (excluding diaryl/α,β-unsaturated/α-hetero) is 1. The molecule has 0 aromatic heterocycles. The number of hydrogen-bond acceptors (Lipinski definition) is 13. The summed E-state index contributed by atoms with van der Waals surface area (Å²) < 4.78 is 20.5. The number of esters is 1. The van der Waals surface area contributed by atoms with Gasteiger partial charge in [-0.3, -0.25) is 4.79 Å². The smallest absolute Gasteiger partial charge is 0.333 e. The summed E-state index contributed by atoms with van der Waals surface area (Å²) in [5.74, 6) is -2.37. The molecule has 13 heteroatoms. The number of allylic oxidation sites excluding steroid dienone is 1. The Morgan fingerprint density at radius 3 is 2.55 bits per heavy atom. The molecular formula is C42H72N4O9. The SMILES string of the molecule is CC=C(C)C(=O)O[C@@H]1CC2C(O)C3C(=O)CC(CO)OC3C(C(C3CCNC(N)C3)[C@H](CO)C3CCCC(O)C3)C2O[C@]1(C)CCC1CCC(NCC)NC1. The highest BCUT2D eigenvalue weighted by Gasteiger charge is 2.64. The fraction of sp³-hybridized carbons (Fsp3) is 0.905. The van der Waals surface area contributed by atoms with E-state index in [1.54, 1.807) is 19.9 Å². The minimum absolute atomic E-state index is 0.00149. The van der Waals surface area contributed by atoms with Gasteiger partial charge in [-0.15, -0.1) is 0 Å². The lowest BCUT2D eigenvalue weighted by atomic mass is 9.53. The fourth-order valence-corrected chi connectivity index (χ4v) is 11.7. The number of nitrogens with two attached hydrogens (primary N) is 1. The molecule has 9 N–H and O–H groups in total. The maximum absolute atomic E-state index is 14.1. The molecule has 17 atom stereocenters. The van der Waals surface area contributed by atoms with Crippen LogP contribution in [0.5, 0.6) is 0 Å². The van der Waals surface area contributed by atoms with E-state index < -0.39 is 65.9 Å². The number of aliphatic hydroxyl groups excluding tert-OH is 4. The zero-order valence-corrected chi connectivity index (χ0v) is 33.7. The van der Waals surface area contributed by atoms with Crippen molar-refractivity contribution in [3.8, 4) is 0 Å². The molecule has 55 heavy (non-hydrogen) atoms. The van der Waals surface area contributed by atoms with E-state index in [0.29, 0.717) is 49.9 Å². The molecule has 0 bridgehead atoms. The Bertz CT molecular complexity index is 1310. The van der Waals surface area contributed by atoms with Crippen molar-refractivity contribution in [3.63, 3.8) is 0 Å². The Balaban J connectivity index is 1.41. The van der Waals surface area contributed by atoms with Gasteiger partial charge in [-0.2, -0.15) is 0 Å². The van der Waals surface area contributed by atoms with Gasteiger partial charge in [0.15, 0.2) is 0 Å². The predicted octanol–water partition coefficient (Wildman–Crippen LogP) is 2.13. The van der Waals surface area contributed by atoms with E-state index in [1.165, 1.54) is 0 Å². The van der Waals surface area contributed by atoms with E-state index in [9.17, 15) is 30.0 Å². The number of carbonyl (C=O) groups excluding carboxylic acids is 2. The molecule has 6 rings (SSSR count). The van der Waals surface area contributed by atoms with Crippen molar-refractivity contribution in [2.45, 2.75) is 159 Å². The first-order valence-electron chi connectivity index (χ1n) is 21.6. The second-order valence-corrected chi connectivity index (χ2v) is 18.2. The highest BCUT2D eigenvalue weighted by atomic mass is 16.6. The summed E-state index contributed by atoms with van der Waals surface area (Å²) in [5.41, 5.74) is 6.17. The number of carbonyl (C=O) groups is 2. The Morgan fingerprint density at radius 2 is 1.89 bits per heavy atom. The first kappa shape index (κ1) is 43.1. The quantitative estimate of drug-likeness (QED) is 0.0999. The number of ketones is 1. The summed E-state index contributed by atoms with van der Waals surface area (Å²) in [4.78, 5) is 27.6. The number of piperidine rings is 2. The molecule has 2 saturated carbocycles. The van der Waals surface area contributed by atoms with Gasteiger partial charge in [-0.25, -0.2) is 4.79 Å². The van der Waals surface area contributed by atoms with Crippen molar-refractivity contribution in [1.82, 2.24) is 16.0 Å². The summed E-state index contributed by atoms with van der Waals surface area (Å²) in [6.45, 7) is 9.75. The van der Waals surface area contributed by atoms with Crippen LogP contribution < -0.4 is 21.7 Å². The molecule has 0 radical (unpaired) electrons. The highest BCUT2D eigenvalue weighted by Crippen LogP contribution is 2.56. The van der Waals surface area contributed by atoms with E-state index in [2.05, 4.69) is 22.9 Å².